The van der Waals surface area contributed by atoms with E-state index in [1.54, 1.807) is 7.11 Å². The molecule has 1 fully saturated rings. The van der Waals surface area contributed by atoms with E-state index < -0.39 is 26.5 Å². The Morgan fingerprint density at radius 1 is 1.17 bits per heavy atom. The number of methoxy groups -OCH3 is 1. The van der Waals surface area contributed by atoms with Gasteiger partial charge in [0.25, 0.3) is 0 Å². The Labute approximate surface area is 172 Å². The molecule has 0 aliphatic carbocycles. The lowest BCUT2D eigenvalue weighted by molar-refractivity contribution is -0.137. The first-order chi connectivity index (χ1) is 14.1. The van der Waals surface area contributed by atoms with Crippen molar-refractivity contribution in [1.82, 2.24) is 10.6 Å². The molecule has 1 saturated heterocycles. The molecule has 1 aliphatic heterocycles. The van der Waals surface area contributed by atoms with E-state index in [2.05, 4.69) is 10.6 Å². The SMILES string of the molecule is COC1CNC(C(=O)NCc2ccc(S(=O)(=O)c3cccc(C(F)(F)F)c3)cc2)C1. The fraction of sp³-hybridized carbons (Fsp3) is 0.350. The van der Waals surface area contributed by atoms with Crippen LogP contribution in [-0.2, 0) is 32.1 Å². The first-order valence-electron chi connectivity index (χ1n) is 9.16. The third-order valence-corrected chi connectivity index (χ3v) is 6.68. The van der Waals surface area contributed by atoms with Crippen LogP contribution >= 0.6 is 0 Å². The molecule has 1 aliphatic rings. The molecule has 30 heavy (non-hydrogen) atoms. The van der Waals surface area contributed by atoms with Crippen LogP contribution in [0.5, 0.6) is 0 Å². The lowest BCUT2D eigenvalue weighted by atomic mass is 10.2. The van der Waals surface area contributed by atoms with Crippen molar-refractivity contribution in [2.24, 2.45) is 0 Å². The molecular formula is C20H21F3N2O4S. The summed E-state index contributed by atoms with van der Waals surface area (Å²) < 4.78 is 69.2. The van der Waals surface area contributed by atoms with Crippen LogP contribution in [0.2, 0.25) is 0 Å². The van der Waals surface area contributed by atoms with Gasteiger partial charge in [-0.1, -0.05) is 18.2 Å². The maximum Gasteiger partial charge on any atom is 0.416 e. The molecule has 0 spiro atoms. The molecule has 0 aromatic heterocycles. The number of sulfone groups is 1. The fourth-order valence-corrected chi connectivity index (χ4v) is 4.46. The van der Waals surface area contributed by atoms with Gasteiger partial charge in [0.15, 0.2) is 0 Å². The molecule has 6 nitrogen and oxygen atoms in total. The predicted molar refractivity (Wildman–Crippen MR) is 102 cm³/mol. The van der Waals surface area contributed by atoms with Crippen LogP contribution in [0.25, 0.3) is 0 Å². The maximum absolute atomic E-state index is 12.9. The average molecular weight is 442 g/mol. The lowest BCUT2D eigenvalue weighted by Crippen LogP contribution is -2.40. The Kier molecular flexibility index (Phi) is 6.49. The van der Waals surface area contributed by atoms with Crippen LogP contribution in [0.1, 0.15) is 17.5 Å². The van der Waals surface area contributed by atoms with Gasteiger partial charge in [-0.15, -0.1) is 0 Å². The zero-order valence-electron chi connectivity index (χ0n) is 16.1. The van der Waals surface area contributed by atoms with E-state index in [1.165, 1.54) is 24.3 Å². The number of rotatable bonds is 6. The highest BCUT2D eigenvalue weighted by molar-refractivity contribution is 7.91. The van der Waals surface area contributed by atoms with Crippen LogP contribution in [-0.4, -0.2) is 40.1 Å². The Morgan fingerprint density at radius 2 is 1.87 bits per heavy atom. The minimum absolute atomic E-state index is 0.0129. The third kappa shape index (κ3) is 5.00. The van der Waals surface area contributed by atoms with Crippen molar-refractivity contribution in [2.45, 2.75) is 41.1 Å². The summed E-state index contributed by atoms with van der Waals surface area (Å²) in [5.74, 6) is -0.185. The molecule has 1 amide bonds. The number of hydrogen-bond acceptors (Lipinski definition) is 5. The Morgan fingerprint density at radius 3 is 2.47 bits per heavy atom. The van der Waals surface area contributed by atoms with Gasteiger partial charge in [-0.2, -0.15) is 13.2 Å². The smallest absolute Gasteiger partial charge is 0.380 e. The molecule has 10 heteroatoms. The van der Waals surface area contributed by atoms with Gasteiger partial charge in [0.2, 0.25) is 15.7 Å². The minimum atomic E-state index is -4.63. The number of nitrogens with one attached hydrogen (secondary N) is 2. The number of carbonyl (C=O) groups is 1. The number of carbonyl (C=O) groups excluding carboxylic acids is 1. The molecule has 0 saturated carbocycles. The van der Waals surface area contributed by atoms with Crippen molar-refractivity contribution in [3.8, 4) is 0 Å². The van der Waals surface area contributed by atoms with Crippen molar-refractivity contribution in [3.63, 3.8) is 0 Å². The molecule has 2 atom stereocenters. The van der Waals surface area contributed by atoms with Gasteiger partial charge in [-0.05, 0) is 42.3 Å². The standard InChI is InChI=1S/C20H21F3N2O4S/c1-29-15-10-18(24-12-15)19(26)25-11-13-5-7-16(8-6-13)30(27,28)17-4-2-3-14(9-17)20(21,22)23/h2-9,15,18,24H,10-12H2,1H3,(H,25,26). The Balaban J connectivity index is 1.67. The molecule has 2 N–H and O–H groups in total. The van der Waals surface area contributed by atoms with Gasteiger partial charge in [-0.25, -0.2) is 8.42 Å². The number of amides is 1. The van der Waals surface area contributed by atoms with Gasteiger partial charge in [0.1, 0.15) is 0 Å². The van der Waals surface area contributed by atoms with E-state index in [0.717, 1.165) is 18.2 Å². The number of benzene rings is 2. The lowest BCUT2D eigenvalue weighted by Gasteiger charge is -2.12. The van der Waals surface area contributed by atoms with E-state index in [9.17, 15) is 26.4 Å². The van der Waals surface area contributed by atoms with Crippen molar-refractivity contribution >= 4 is 15.7 Å². The maximum atomic E-state index is 12.9. The summed E-state index contributed by atoms with van der Waals surface area (Å²) in [5.41, 5.74) is -0.369. The summed E-state index contributed by atoms with van der Waals surface area (Å²) >= 11 is 0. The second-order valence-corrected chi connectivity index (χ2v) is 8.89. The van der Waals surface area contributed by atoms with Crippen molar-refractivity contribution in [3.05, 3.63) is 59.7 Å². The van der Waals surface area contributed by atoms with E-state index in [-0.39, 0.29) is 29.5 Å². The van der Waals surface area contributed by atoms with Crippen molar-refractivity contribution < 1.29 is 31.1 Å². The van der Waals surface area contributed by atoms with Crippen LogP contribution in [0, 0.1) is 0 Å². The number of halogens is 3. The quantitative estimate of drug-likeness (QED) is 0.718. The molecule has 0 radical (unpaired) electrons. The van der Waals surface area contributed by atoms with Crippen LogP contribution < -0.4 is 10.6 Å². The van der Waals surface area contributed by atoms with Crippen LogP contribution in [0.15, 0.2) is 58.3 Å². The van der Waals surface area contributed by atoms with E-state index in [1.807, 2.05) is 0 Å². The largest absolute Gasteiger partial charge is 0.416 e. The molecule has 2 unspecified atom stereocenters. The monoisotopic (exact) mass is 442 g/mol. The molecule has 162 valence electrons. The van der Waals surface area contributed by atoms with Gasteiger partial charge >= 0.3 is 6.18 Å². The molecule has 3 rings (SSSR count). The summed E-state index contributed by atoms with van der Waals surface area (Å²) in [6.45, 7) is 0.787. The summed E-state index contributed by atoms with van der Waals surface area (Å²) in [4.78, 5) is 11.6. The summed E-state index contributed by atoms with van der Waals surface area (Å²) in [6.07, 6.45) is -4.08. The highest BCUT2D eigenvalue weighted by Crippen LogP contribution is 2.32. The average Bonchev–Trinajstić information content (AvgIpc) is 3.21. The molecular weight excluding hydrogens is 421 g/mol. The van der Waals surface area contributed by atoms with E-state index in [0.29, 0.717) is 24.6 Å². The summed E-state index contributed by atoms with van der Waals surface area (Å²) in [5, 5.41) is 5.83. The third-order valence-electron chi connectivity index (χ3n) is 4.91. The van der Waals surface area contributed by atoms with Gasteiger partial charge in [0, 0.05) is 20.2 Å². The summed E-state index contributed by atoms with van der Waals surface area (Å²) in [7, 11) is -2.52. The Hall–Kier alpha value is -2.43. The van der Waals surface area contributed by atoms with Gasteiger partial charge < -0.3 is 15.4 Å². The van der Waals surface area contributed by atoms with Crippen molar-refractivity contribution in [1.29, 1.82) is 0 Å². The Bertz CT molecular complexity index is 1010. The molecule has 0 bridgehead atoms. The number of ether oxygens (including phenoxy) is 1. The zero-order valence-corrected chi connectivity index (χ0v) is 16.9. The topological polar surface area (TPSA) is 84.5 Å². The van der Waals surface area contributed by atoms with Crippen LogP contribution in [0.4, 0.5) is 13.2 Å². The normalized spacial score (nSPS) is 19.6. The first-order valence-corrected chi connectivity index (χ1v) is 10.6. The zero-order chi connectivity index (χ0) is 21.9. The fourth-order valence-electron chi connectivity index (χ4n) is 3.16. The highest BCUT2D eigenvalue weighted by Gasteiger charge is 2.32. The molecule has 1 heterocycles. The molecule has 2 aromatic carbocycles. The highest BCUT2D eigenvalue weighted by atomic mass is 32.2. The van der Waals surface area contributed by atoms with Gasteiger partial charge in [0.05, 0.1) is 27.5 Å². The predicted octanol–water partition coefficient (Wildman–Crippen LogP) is 2.53. The van der Waals surface area contributed by atoms with Crippen LogP contribution in [0.3, 0.4) is 0 Å². The summed E-state index contributed by atoms with van der Waals surface area (Å²) in [6, 6.07) is 8.92. The molecule has 2 aromatic rings. The number of hydrogen-bond donors (Lipinski definition) is 2. The first kappa shape index (κ1) is 22.3. The minimum Gasteiger partial charge on any atom is -0.380 e. The second kappa shape index (κ2) is 8.75. The van der Waals surface area contributed by atoms with E-state index >= 15 is 0 Å². The second-order valence-electron chi connectivity index (χ2n) is 6.95. The van der Waals surface area contributed by atoms with Gasteiger partial charge in [-0.3, -0.25) is 4.79 Å². The van der Waals surface area contributed by atoms with E-state index in [4.69, 9.17) is 4.74 Å². The van der Waals surface area contributed by atoms with Crippen molar-refractivity contribution in [2.75, 3.05) is 13.7 Å². The number of alkyl halides is 3.